The summed E-state index contributed by atoms with van der Waals surface area (Å²) in [5.41, 5.74) is 7.36. The summed E-state index contributed by atoms with van der Waals surface area (Å²) in [5, 5.41) is 0. The van der Waals surface area contributed by atoms with Crippen LogP contribution in [0.2, 0.25) is 0 Å². The van der Waals surface area contributed by atoms with Crippen molar-refractivity contribution in [1.29, 1.82) is 0 Å². The van der Waals surface area contributed by atoms with Gasteiger partial charge in [0, 0.05) is 25.4 Å². The molecule has 0 amide bonds. The third-order valence-electron chi connectivity index (χ3n) is 3.32. The highest BCUT2D eigenvalue weighted by Gasteiger charge is 2.14. The second kappa shape index (κ2) is 5.36. The monoisotopic (exact) mass is 236 g/mol. The van der Waals surface area contributed by atoms with Crippen molar-refractivity contribution in [3.63, 3.8) is 0 Å². The fourth-order valence-electron chi connectivity index (χ4n) is 2.22. The van der Waals surface area contributed by atoms with Gasteiger partial charge in [0.05, 0.1) is 11.8 Å². The van der Waals surface area contributed by atoms with Crippen molar-refractivity contribution in [1.82, 2.24) is 4.57 Å². The molecule has 1 unspecified atom stereocenters. The number of aromatic nitrogens is 1. The highest BCUT2D eigenvalue weighted by molar-refractivity contribution is 5.42. The Hall–Kier alpha value is -1.29. The highest BCUT2D eigenvalue weighted by Crippen LogP contribution is 2.17. The second-order valence-corrected chi connectivity index (χ2v) is 4.72. The number of aryl methyl sites for hydroxylation is 2. The van der Waals surface area contributed by atoms with Gasteiger partial charge in [-0.1, -0.05) is 0 Å². The molecule has 1 aliphatic heterocycles. The van der Waals surface area contributed by atoms with E-state index in [1.165, 1.54) is 6.42 Å². The van der Waals surface area contributed by atoms with Crippen LogP contribution in [-0.2, 0) is 11.3 Å². The lowest BCUT2D eigenvalue weighted by Gasteiger charge is -2.11. The number of hydrogen-bond donors (Lipinski definition) is 1. The number of nitrogens with two attached hydrogens (primary N) is 1. The number of ether oxygens (including phenoxy) is 1. The molecule has 0 radical (unpaired) electrons. The van der Waals surface area contributed by atoms with E-state index in [0.717, 1.165) is 38.0 Å². The summed E-state index contributed by atoms with van der Waals surface area (Å²) in [6.45, 7) is 3.47. The molecule has 1 fully saturated rings. The van der Waals surface area contributed by atoms with Crippen LogP contribution < -0.4 is 11.3 Å². The molecule has 0 aliphatic carbocycles. The predicted molar refractivity (Wildman–Crippen MR) is 68.1 cm³/mol. The van der Waals surface area contributed by atoms with E-state index in [-0.39, 0.29) is 5.56 Å². The van der Waals surface area contributed by atoms with Gasteiger partial charge < -0.3 is 15.0 Å². The fraction of sp³-hybridized carbons (Fsp3) is 0.615. The van der Waals surface area contributed by atoms with Crippen LogP contribution >= 0.6 is 0 Å². The third-order valence-corrected chi connectivity index (χ3v) is 3.32. The van der Waals surface area contributed by atoms with Gasteiger partial charge in [-0.05, 0) is 38.2 Å². The molecule has 0 bridgehead atoms. The first-order valence-electron chi connectivity index (χ1n) is 6.25. The van der Waals surface area contributed by atoms with Gasteiger partial charge in [0.2, 0.25) is 0 Å². The van der Waals surface area contributed by atoms with E-state index in [2.05, 4.69) is 0 Å². The number of pyridine rings is 1. The SMILES string of the molecule is Cc1cc(=O)n(CCCC2CCCO2)cc1N. The van der Waals surface area contributed by atoms with Crippen molar-refractivity contribution < 1.29 is 4.74 Å². The van der Waals surface area contributed by atoms with Crippen LogP contribution in [0.5, 0.6) is 0 Å². The molecule has 2 heterocycles. The molecular formula is C13H20N2O2. The van der Waals surface area contributed by atoms with E-state index >= 15 is 0 Å². The molecule has 1 aliphatic rings. The first kappa shape index (κ1) is 12.2. The maximum atomic E-state index is 11.7. The number of nitrogen functional groups attached to an aromatic ring is 1. The topological polar surface area (TPSA) is 57.2 Å². The molecule has 0 saturated carbocycles. The maximum absolute atomic E-state index is 11.7. The minimum absolute atomic E-state index is 0.0315. The normalized spacial score (nSPS) is 19.7. The van der Waals surface area contributed by atoms with Crippen molar-refractivity contribution >= 4 is 5.69 Å². The van der Waals surface area contributed by atoms with Crippen LogP contribution in [0.3, 0.4) is 0 Å². The van der Waals surface area contributed by atoms with Gasteiger partial charge in [-0.3, -0.25) is 4.79 Å². The van der Waals surface area contributed by atoms with Crippen LogP contribution in [0.4, 0.5) is 5.69 Å². The van der Waals surface area contributed by atoms with E-state index in [1.54, 1.807) is 16.8 Å². The lowest BCUT2D eigenvalue weighted by molar-refractivity contribution is 0.101. The summed E-state index contributed by atoms with van der Waals surface area (Å²) in [4.78, 5) is 11.7. The van der Waals surface area contributed by atoms with Crippen LogP contribution in [0, 0.1) is 6.92 Å². The van der Waals surface area contributed by atoms with E-state index in [1.807, 2.05) is 6.92 Å². The lowest BCUT2D eigenvalue weighted by atomic mass is 10.1. The second-order valence-electron chi connectivity index (χ2n) is 4.72. The summed E-state index contributed by atoms with van der Waals surface area (Å²) in [6, 6.07) is 1.60. The lowest BCUT2D eigenvalue weighted by Crippen LogP contribution is -2.21. The van der Waals surface area contributed by atoms with Gasteiger partial charge in [-0.15, -0.1) is 0 Å². The Balaban J connectivity index is 1.90. The average molecular weight is 236 g/mol. The quantitative estimate of drug-likeness (QED) is 0.865. The molecule has 4 heteroatoms. The first-order valence-corrected chi connectivity index (χ1v) is 6.25. The van der Waals surface area contributed by atoms with Crippen molar-refractivity contribution in [3.8, 4) is 0 Å². The van der Waals surface area contributed by atoms with Crippen LogP contribution in [-0.4, -0.2) is 17.3 Å². The molecule has 1 saturated heterocycles. The van der Waals surface area contributed by atoms with Crippen LogP contribution in [0.15, 0.2) is 17.1 Å². The van der Waals surface area contributed by atoms with Gasteiger partial charge in [0.25, 0.3) is 5.56 Å². The van der Waals surface area contributed by atoms with E-state index in [9.17, 15) is 4.79 Å². The standard InChI is InChI=1S/C13H20N2O2/c1-10-8-13(16)15(9-12(10)14)6-2-4-11-5-3-7-17-11/h8-9,11H,2-7,14H2,1H3. The zero-order valence-electron chi connectivity index (χ0n) is 10.3. The predicted octanol–water partition coefficient (Wildman–Crippen LogP) is 1.70. The number of rotatable bonds is 4. The molecular weight excluding hydrogens is 216 g/mol. The Labute approximate surface area is 101 Å². The van der Waals surface area contributed by atoms with E-state index in [4.69, 9.17) is 10.5 Å². The molecule has 1 atom stereocenters. The number of nitrogens with zero attached hydrogens (tertiary/aromatic N) is 1. The zero-order chi connectivity index (χ0) is 12.3. The molecule has 0 aromatic carbocycles. The number of anilines is 1. The van der Waals surface area contributed by atoms with Crippen molar-refractivity contribution in [2.75, 3.05) is 12.3 Å². The summed E-state index contributed by atoms with van der Waals surface area (Å²) < 4.78 is 7.24. The zero-order valence-corrected chi connectivity index (χ0v) is 10.3. The smallest absolute Gasteiger partial charge is 0.250 e. The molecule has 17 heavy (non-hydrogen) atoms. The molecule has 1 aromatic rings. The summed E-state index contributed by atoms with van der Waals surface area (Å²) in [7, 11) is 0. The molecule has 4 nitrogen and oxygen atoms in total. The summed E-state index contributed by atoms with van der Waals surface area (Å²) in [5.74, 6) is 0. The molecule has 94 valence electrons. The van der Waals surface area contributed by atoms with Crippen LogP contribution in [0.25, 0.3) is 0 Å². The Morgan fingerprint density at radius 1 is 1.59 bits per heavy atom. The van der Waals surface area contributed by atoms with Gasteiger partial charge in [-0.2, -0.15) is 0 Å². The van der Waals surface area contributed by atoms with Gasteiger partial charge in [0.1, 0.15) is 0 Å². The Bertz CT molecular complexity index is 434. The van der Waals surface area contributed by atoms with Crippen LogP contribution in [0.1, 0.15) is 31.2 Å². The largest absolute Gasteiger partial charge is 0.397 e. The van der Waals surface area contributed by atoms with Crippen molar-refractivity contribution in [3.05, 3.63) is 28.2 Å². The maximum Gasteiger partial charge on any atom is 0.250 e. The van der Waals surface area contributed by atoms with E-state index in [0.29, 0.717) is 11.8 Å². The van der Waals surface area contributed by atoms with E-state index < -0.39 is 0 Å². The van der Waals surface area contributed by atoms with Crippen molar-refractivity contribution in [2.24, 2.45) is 0 Å². The molecule has 2 N–H and O–H groups in total. The Morgan fingerprint density at radius 3 is 3.12 bits per heavy atom. The molecule has 2 rings (SSSR count). The summed E-state index contributed by atoms with van der Waals surface area (Å²) in [6.07, 6.45) is 6.46. The minimum atomic E-state index is 0.0315. The summed E-state index contributed by atoms with van der Waals surface area (Å²) >= 11 is 0. The van der Waals surface area contributed by atoms with Gasteiger partial charge in [-0.25, -0.2) is 0 Å². The molecule has 1 aromatic heterocycles. The van der Waals surface area contributed by atoms with Crippen molar-refractivity contribution in [2.45, 2.75) is 45.3 Å². The third kappa shape index (κ3) is 3.09. The fourth-order valence-corrected chi connectivity index (χ4v) is 2.22. The Morgan fingerprint density at radius 2 is 2.41 bits per heavy atom. The molecule has 0 spiro atoms. The average Bonchev–Trinajstić information content (AvgIpc) is 2.78. The Kier molecular flexibility index (Phi) is 3.84. The minimum Gasteiger partial charge on any atom is -0.397 e. The number of hydrogen-bond acceptors (Lipinski definition) is 3. The van der Waals surface area contributed by atoms with Gasteiger partial charge in [0.15, 0.2) is 0 Å². The first-order chi connectivity index (χ1) is 8.16. The van der Waals surface area contributed by atoms with Gasteiger partial charge >= 0.3 is 0 Å². The highest BCUT2D eigenvalue weighted by atomic mass is 16.5.